The van der Waals surface area contributed by atoms with E-state index < -0.39 is 6.29 Å². The van der Waals surface area contributed by atoms with Gasteiger partial charge in [0.25, 0.3) is 0 Å². The van der Waals surface area contributed by atoms with Gasteiger partial charge in [-0.1, -0.05) is 6.92 Å². The van der Waals surface area contributed by atoms with Gasteiger partial charge in [-0.2, -0.15) is 0 Å². The molecule has 0 aromatic carbocycles. The first-order valence-corrected chi connectivity index (χ1v) is 5.97. The standard InChI is InChI=1S/C12H18O5/c1-7-5-10(13)9(12-16-3-4-17-12)6-8(7)11(14)15-2/h7-9,12H,3-6H2,1-2H3/t7-,8-,9-/m1/s1. The Morgan fingerprint density at radius 3 is 2.59 bits per heavy atom. The average Bonchev–Trinajstić information content (AvgIpc) is 2.81. The number of ether oxygens (including phenoxy) is 3. The summed E-state index contributed by atoms with van der Waals surface area (Å²) in [6.45, 7) is 2.95. The Bertz CT molecular complexity index is 308. The van der Waals surface area contributed by atoms with Gasteiger partial charge in [0.05, 0.1) is 32.2 Å². The summed E-state index contributed by atoms with van der Waals surface area (Å²) in [7, 11) is 1.38. The molecule has 0 amide bonds. The lowest BCUT2D eigenvalue weighted by atomic mass is 9.74. The van der Waals surface area contributed by atoms with Crippen LogP contribution in [0, 0.1) is 17.8 Å². The number of hydrogen-bond donors (Lipinski definition) is 0. The van der Waals surface area contributed by atoms with E-state index in [1.165, 1.54) is 7.11 Å². The number of carbonyl (C=O) groups excluding carboxylic acids is 2. The van der Waals surface area contributed by atoms with Crippen molar-refractivity contribution in [3.8, 4) is 0 Å². The van der Waals surface area contributed by atoms with Crippen LogP contribution in [-0.4, -0.2) is 38.4 Å². The second-order valence-corrected chi connectivity index (χ2v) is 4.73. The molecule has 1 saturated heterocycles. The lowest BCUT2D eigenvalue weighted by Gasteiger charge is -2.33. The lowest BCUT2D eigenvalue weighted by molar-refractivity contribution is -0.158. The van der Waals surface area contributed by atoms with E-state index >= 15 is 0 Å². The fourth-order valence-corrected chi connectivity index (χ4v) is 2.60. The van der Waals surface area contributed by atoms with Gasteiger partial charge in [0.15, 0.2) is 6.29 Å². The SMILES string of the molecule is COC(=O)[C@@H]1C[C@@H](C2OCCO2)C(=O)C[C@H]1C. The van der Waals surface area contributed by atoms with Crippen LogP contribution >= 0.6 is 0 Å². The summed E-state index contributed by atoms with van der Waals surface area (Å²) in [5.41, 5.74) is 0. The van der Waals surface area contributed by atoms with Crippen molar-refractivity contribution in [1.82, 2.24) is 0 Å². The molecule has 0 aromatic rings. The topological polar surface area (TPSA) is 61.8 Å². The van der Waals surface area contributed by atoms with Gasteiger partial charge < -0.3 is 14.2 Å². The summed E-state index contributed by atoms with van der Waals surface area (Å²) in [6.07, 6.45) is 0.396. The number of esters is 1. The molecule has 1 aliphatic heterocycles. The van der Waals surface area contributed by atoms with E-state index in [9.17, 15) is 9.59 Å². The summed E-state index contributed by atoms with van der Waals surface area (Å²) in [4.78, 5) is 23.6. The fraction of sp³-hybridized carbons (Fsp3) is 0.833. The highest BCUT2D eigenvalue weighted by molar-refractivity contribution is 5.85. The molecule has 0 bridgehead atoms. The highest BCUT2D eigenvalue weighted by atomic mass is 16.7. The van der Waals surface area contributed by atoms with Crippen molar-refractivity contribution in [3.05, 3.63) is 0 Å². The Balaban J connectivity index is 2.06. The maximum absolute atomic E-state index is 11.9. The second-order valence-electron chi connectivity index (χ2n) is 4.73. The molecule has 0 unspecified atom stereocenters. The normalized spacial score (nSPS) is 34.9. The van der Waals surface area contributed by atoms with Gasteiger partial charge >= 0.3 is 5.97 Å². The summed E-state index contributed by atoms with van der Waals surface area (Å²) in [6, 6.07) is 0. The Kier molecular flexibility index (Phi) is 3.79. The van der Waals surface area contributed by atoms with Gasteiger partial charge in [-0.3, -0.25) is 9.59 Å². The monoisotopic (exact) mass is 242 g/mol. The number of ketones is 1. The predicted octanol–water partition coefficient (Wildman–Crippen LogP) is 0.764. The zero-order valence-corrected chi connectivity index (χ0v) is 10.2. The van der Waals surface area contributed by atoms with Crippen LogP contribution in [0.25, 0.3) is 0 Å². The Morgan fingerprint density at radius 2 is 2.00 bits per heavy atom. The predicted molar refractivity (Wildman–Crippen MR) is 58.1 cm³/mol. The smallest absolute Gasteiger partial charge is 0.308 e. The van der Waals surface area contributed by atoms with Crippen LogP contribution in [0.1, 0.15) is 19.8 Å². The molecule has 0 spiro atoms. The molecule has 96 valence electrons. The minimum Gasteiger partial charge on any atom is -0.469 e. The molecule has 3 atom stereocenters. The molecule has 0 aromatic heterocycles. The molecule has 1 aliphatic carbocycles. The minimum atomic E-state index is -0.470. The molecular formula is C12H18O5. The third-order valence-corrected chi connectivity index (χ3v) is 3.61. The third-order valence-electron chi connectivity index (χ3n) is 3.61. The molecule has 2 aliphatic rings. The first-order valence-electron chi connectivity index (χ1n) is 5.97. The Morgan fingerprint density at radius 1 is 1.35 bits per heavy atom. The van der Waals surface area contributed by atoms with Crippen LogP contribution in [-0.2, 0) is 23.8 Å². The molecule has 0 radical (unpaired) electrons. The van der Waals surface area contributed by atoms with Gasteiger partial charge in [0.2, 0.25) is 0 Å². The van der Waals surface area contributed by atoms with E-state index in [2.05, 4.69) is 0 Å². The lowest BCUT2D eigenvalue weighted by Crippen LogP contribution is -2.41. The van der Waals surface area contributed by atoms with Gasteiger partial charge in [0.1, 0.15) is 5.78 Å². The molecule has 2 fully saturated rings. The summed E-state index contributed by atoms with van der Waals surface area (Å²) < 4.78 is 15.5. The van der Waals surface area contributed by atoms with Crippen LogP contribution in [0.15, 0.2) is 0 Å². The van der Waals surface area contributed by atoms with Gasteiger partial charge in [0, 0.05) is 6.42 Å². The van der Waals surface area contributed by atoms with E-state index in [-0.39, 0.29) is 29.5 Å². The summed E-state index contributed by atoms with van der Waals surface area (Å²) >= 11 is 0. The number of hydrogen-bond acceptors (Lipinski definition) is 5. The molecule has 0 N–H and O–H groups in total. The average molecular weight is 242 g/mol. The van der Waals surface area contributed by atoms with Gasteiger partial charge in [-0.15, -0.1) is 0 Å². The maximum atomic E-state index is 11.9. The van der Waals surface area contributed by atoms with Crippen LogP contribution < -0.4 is 0 Å². The van der Waals surface area contributed by atoms with Crippen molar-refractivity contribution < 1.29 is 23.8 Å². The van der Waals surface area contributed by atoms with Crippen LogP contribution in [0.3, 0.4) is 0 Å². The van der Waals surface area contributed by atoms with E-state index in [0.717, 1.165) is 0 Å². The van der Waals surface area contributed by atoms with E-state index in [1.807, 2.05) is 6.92 Å². The zero-order chi connectivity index (χ0) is 12.4. The molecule has 1 saturated carbocycles. The molecule has 17 heavy (non-hydrogen) atoms. The molecule has 5 nitrogen and oxygen atoms in total. The molecule has 2 rings (SSSR count). The molecular weight excluding hydrogens is 224 g/mol. The third kappa shape index (κ3) is 2.50. The molecule has 5 heteroatoms. The highest BCUT2D eigenvalue weighted by Gasteiger charge is 2.43. The largest absolute Gasteiger partial charge is 0.469 e. The number of rotatable bonds is 2. The van der Waals surface area contributed by atoms with Crippen molar-refractivity contribution >= 4 is 11.8 Å². The van der Waals surface area contributed by atoms with E-state index in [1.54, 1.807) is 0 Å². The van der Waals surface area contributed by atoms with E-state index in [4.69, 9.17) is 14.2 Å². The number of Topliss-reactive ketones (excluding diaryl/α,β-unsaturated/α-hetero) is 1. The van der Waals surface area contributed by atoms with Crippen molar-refractivity contribution in [3.63, 3.8) is 0 Å². The van der Waals surface area contributed by atoms with Crippen molar-refractivity contribution in [2.24, 2.45) is 17.8 Å². The summed E-state index contributed by atoms with van der Waals surface area (Å²) in [5.74, 6) is -0.626. The van der Waals surface area contributed by atoms with Crippen LogP contribution in [0.4, 0.5) is 0 Å². The van der Waals surface area contributed by atoms with Gasteiger partial charge in [-0.05, 0) is 12.3 Å². The first kappa shape index (κ1) is 12.5. The van der Waals surface area contributed by atoms with Crippen molar-refractivity contribution in [2.75, 3.05) is 20.3 Å². The second kappa shape index (κ2) is 5.14. The quantitative estimate of drug-likeness (QED) is 0.669. The van der Waals surface area contributed by atoms with Crippen LogP contribution in [0.2, 0.25) is 0 Å². The molecule has 1 heterocycles. The van der Waals surface area contributed by atoms with Crippen LogP contribution in [0.5, 0.6) is 0 Å². The first-order chi connectivity index (χ1) is 8.13. The van der Waals surface area contributed by atoms with Crippen molar-refractivity contribution in [1.29, 1.82) is 0 Å². The maximum Gasteiger partial charge on any atom is 0.308 e. The summed E-state index contributed by atoms with van der Waals surface area (Å²) in [5, 5.41) is 0. The Hall–Kier alpha value is -0.940. The fourth-order valence-electron chi connectivity index (χ4n) is 2.60. The minimum absolute atomic E-state index is 0.0348. The highest BCUT2D eigenvalue weighted by Crippen LogP contribution is 2.35. The van der Waals surface area contributed by atoms with Gasteiger partial charge in [-0.25, -0.2) is 0 Å². The van der Waals surface area contributed by atoms with E-state index in [0.29, 0.717) is 26.1 Å². The van der Waals surface area contributed by atoms with Crippen molar-refractivity contribution in [2.45, 2.75) is 26.1 Å². The number of methoxy groups -OCH3 is 1. The Labute approximate surface area is 100 Å². The number of carbonyl (C=O) groups is 2. The zero-order valence-electron chi connectivity index (χ0n) is 10.2.